The van der Waals surface area contributed by atoms with Crippen LogP contribution in [0.4, 0.5) is 24.5 Å². The molecule has 1 fully saturated rings. The van der Waals surface area contributed by atoms with E-state index in [2.05, 4.69) is 45.5 Å². The Balaban J connectivity index is 1.49. The van der Waals surface area contributed by atoms with Crippen LogP contribution in [0.5, 0.6) is 0 Å². The Hall–Kier alpha value is -5.20. The van der Waals surface area contributed by atoms with Crippen molar-refractivity contribution >= 4 is 33.1 Å². The number of aryl methyl sites for hydroxylation is 1. The molecule has 0 spiro atoms. The van der Waals surface area contributed by atoms with Crippen molar-refractivity contribution in [2.45, 2.75) is 51.4 Å². The predicted octanol–water partition coefficient (Wildman–Crippen LogP) is 5.81. The summed E-state index contributed by atoms with van der Waals surface area (Å²) < 4.78 is 42.8. The first-order chi connectivity index (χ1) is 21.8. The largest absolute Gasteiger partial charge is 0.395 e. The summed E-state index contributed by atoms with van der Waals surface area (Å²) in [6.45, 7) is 3.92. The quantitative estimate of drug-likeness (QED) is 0.182. The summed E-state index contributed by atoms with van der Waals surface area (Å²) >= 11 is 0. The van der Waals surface area contributed by atoms with Gasteiger partial charge < -0.3 is 20.6 Å². The number of halogens is 3. The Morgan fingerprint density at radius 3 is 2.59 bits per heavy atom. The second kappa shape index (κ2) is 11.0. The van der Waals surface area contributed by atoms with Gasteiger partial charge in [0.2, 0.25) is 0 Å². The molecule has 0 bridgehead atoms. The van der Waals surface area contributed by atoms with Gasteiger partial charge in [0.05, 0.1) is 45.0 Å². The van der Waals surface area contributed by atoms with Crippen LogP contribution >= 0.6 is 0 Å². The smallest absolute Gasteiger partial charge is 0.383 e. The Labute approximate surface area is 264 Å². The molecule has 0 amide bonds. The second-order valence-corrected chi connectivity index (χ2v) is 12.8. The molecule has 9 nitrogen and oxygen atoms in total. The van der Waals surface area contributed by atoms with Crippen molar-refractivity contribution in [3.63, 3.8) is 0 Å². The number of nitrogens with one attached hydrogen (secondary N) is 4. The average Bonchev–Trinajstić information content (AvgIpc) is 3.57. The molecule has 1 atom stereocenters. The van der Waals surface area contributed by atoms with E-state index in [9.17, 15) is 23.2 Å². The standard InChI is InChI=1S/C34H33F3N8O/c1-6-20-17-39-29-21(16-38)14-22(15-26(29)28(20)40-19-32(2,3)34(35,36)37)41-30(27-18-45(43-42-27)33(4)11-12-33)24-8-7-9-25-23(24)10-13-44(5)31(25)46/h1,7-10,13-15,17-18,30,41-43H,11-12,19H2,2-5H3,(H,39,40)/t30-/m0/s1. The number of aromatic nitrogens is 2. The number of hydrazine groups is 2. The molecular formula is C34H33F3N8O. The van der Waals surface area contributed by atoms with Crippen LogP contribution in [0.25, 0.3) is 21.7 Å². The highest BCUT2D eigenvalue weighted by Crippen LogP contribution is 2.43. The van der Waals surface area contributed by atoms with Crippen molar-refractivity contribution in [3.05, 3.63) is 87.7 Å². The topological polar surface area (TPSA) is 110 Å². The van der Waals surface area contributed by atoms with Crippen LogP contribution in [0.2, 0.25) is 0 Å². The molecule has 2 aromatic carbocycles. The number of hydrogen-bond acceptors (Lipinski definition) is 8. The lowest BCUT2D eigenvalue weighted by Crippen LogP contribution is -2.43. The van der Waals surface area contributed by atoms with Gasteiger partial charge in [-0.3, -0.25) is 14.8 Å². The van der Waals surface area contributed by atoms with Gasteiger partial charge in [0, 0.05) is 48.6 Å². The van der Waals surface area contributed by atoms with Crippen molar-refractivity contribution < 1.29 is 13.2 Å². The van der Waals surface area contributed by atoms with Crippen molar-refractivity contribution in [2.75, 3.05) is 17.2 Å². The molecule has 1 saturated carbocycles. The molecule has 12 heteroatoms. The van der Waals surface area contributed by atoms with Gasteiger partial charge in [-0.05, 0) is 68.8 Å². The third kappa shape index (κ3) is 5.35. The molecular weight excluding hydrogens is 593 g/mol. The zero-order valence-corrected chi connectivity index (χ0v) is 25.8. The van der Waals surface area contributed by atoms with Crippen LogP contribution in [0.1, 0.15) is 56.3 Å². The predicted molar refractivity (Wildman–Crippen MR) is 172 cm³/mol. The maximum absolute atomic E-state index is 13.7. The maximum atomic E-state index is 13.7. The van der Waals surface area contributed by atoms with Crippen LogP contribution in [0.15, 0.2) is 65.5 Å². The van der Waals surface area contributed by atoms with Gasteiger partial charge in [0.25, 0.3) is 5.56 Å². The van der Waals surface area contributed by atoms with Crippen LogP contribution < -0.4 is 27.2 Å². The Bertz CT molecular complexity index is 2050. The number of hydrogen-bond donors (Lipinski definition) is 4. The Morgan fingerprint density at radius 2 is 1.91 bits per heavy atom. The fourth-order valence-electron chi connectivity index (χ4n) is 5.51. The van der Waals surface area contributed by atoms with E-state index in [1.807, 2.05) is 29.4 Å². The number of rotatable bonds is 8. The minimum absolute atomic E-state index is 0.0347. The summed E-state index contributed by atoms with van der Waals surface area (Å²) in [7, 11) is 1.70. The van der Waals surface area contributed by atoms with Crippen molar-refractivity contribution in [1.82, 2.24) is 25.5 Å². The van der Waals surface area contributed by atoms with Gasteiger partial charge in [-0.1, -0.05) is 18.1 Å². The normalized spacial score (nSPS) is 16.4. The zero-order chi connectivity index (χ0) is 33.0. The lowest BCUT2D eigenvalue weighted by atomic mass is 9.92. The number of terminal acetylenes is 1. The van der Waals surface area contributed by atoms with Crippen LogP contribution in [-0.4, -0.2) is 32.8 Å². The summed E-state index contributed by atoms with van der Waals surface area (Å²) in [5.41, 5.74) is 7.41. The monoisotopic (exact) mass is 626 g/mol. The molecule has 0 saturated heterocycles. The summed E-state index contributed by atoms with van der Waals surface area (Å²) in [6, 6.07) is 12.4. The first-order valence-electron chi connectivity index (χ1n) is 14.8. The van der Waals surface area contributed by atoms with E-state index in [0.29, 0.717) is 22.0 Å². The molecule has 4 aromatic rings. The lowest BCUT2D eigenvalue weighted by Gasteiger charge is -2.29. The first-order valence-corrected chi connectivity index (χ1v) is 14.8. The molecule has 1 aliphatic heterocycles. The molecule has 6 rings (SSSR count). The summed E-state index contributed by atoms with van der Waals surface area (Å²) in [4.78, 5) is 17.5. The fourth-order valence-corrected chi connectivity index (χ4v) is 5.51. The zero-order valence-electron chi connectivity index (χ0n) is 25.8. The van der Waals surface area contributed by atoms with E-state index >= 15 is 0 Å². The van der Waals surface area contributed by atoms with Gasteiger partial charge in [0.1, 0.15) is 6.07 Å². The number of nitriles is 1. The van der Waals surface area contributed by atoms with E-state index in [1.54, 1.807) is 31.4 Å². The van der Waals surface area contributed by atoms with E-state index < -0.39 is 24.2 Å². The molecule has 236 valence electrons. The van der Waals surface area contributed by atoms with Gasteiger partial charge >= 0.3 is 6.18 Å². The van der Waals surface area contributed by atoms with Crippen molar-refractivity contribution in [3.8, 4) is 18.4 Å². The molecule has 2 aromatic heterocycles. The number of fused-ring (bicyclic) bond motifs is 2. The van der Waals surface area contributed by atoms with Gasteiger partial charge in [0.15, 0.2) is 0 Å². The highest BCUT2D eigenvalue weighted by atomic mass is 19.4. The number of pyridine rings is 2. The minimum atomic E-state index is -4.46. The third-order valence-corrected chi connectivity index (χ3v) is 8.95. The fraction of sp³-hybridized carbons (Fsp3) is 0.324. The summed E-state index contributed by atoms with van der Waals surface area (Å²) in [5, 5.41) is 20.3. The number of nitrogens with zero attached hydrogens (tertiary/aromatic N) is 4. The van der Waals surface area contributed by atoms with Crippen molar-refractivity contribution in [2.24, 2.45) is 12.5 Å². The molecule has 0 radical (unpaired) electrons. The molecule has 0 unspecified atom stereocenters. The summed E-state index contributed by atoms with van der Waals surface area (Å²) in [6.07, 6.45) is 8.43. The van der Waals surface area contributed by atoms with E-state index in [0.717, 1.165) is 43.3 Å². The molecule has 2 aliphatic rings. The van der Waals surface area contributed by atoms with E-state index in [1.165, 1.54) is 10.8 Å². The molecule has 3 heterocycles. The van der Waals surface area contributed by atoms with E-state index in [-0.39, 0.29) is 27.9 Å². The molecule has 4 N–H and O–H groups in total. The van der Waals surface area contributed by atoms with Gasteiger partial charge in [-0.2, -0.15) is 18.4 Å². The number of benzene rings is 2. The highest BCUT2D eigenvalue weighted by molar-refractivity contribution is 5.99. The third-order valence-electron chi connectivity index (χ3n) is 8.95. The highest BCUT2D eigenvalue weighted by Gasteiger charge is 2.47. The van der Waals surface area contributed by atoms with Crippen LogP contribution in [0.3, 0.4) is 0 Å². The average molecular weight is 627 g/mol. The van der Waals surface area contributed by atoms with Crippen LogP contribution in [-0.2, 0) is 7.05 Å². The summed E-state index contributed by atoms with van der Waals surface area (Å²) in [5.74, 6) is 2.51. The van der Waals surface area contributed by atoms with Gasteiger partial charge in [-0.25, -0.2) is 0 Å². The van der Waals surface area contributed by atoms with Gasteiger partial charge in [-0.15, -0.1) is 12.0 Å². The maximum Gasteiger partial charge on any atom is 0.395 e. The van der Waals surface area contributed by atoms with Crippen LogP contribution in [0, 0.1) is 29.1 Å². The first kappa shape index (κ1) is 30.8. The van der Waals surface area contributed by atoms with E-state index in [4.69, 9.17) is 6.42 Å². The Kier molecular flexibility index (Phi) is 7.37. The molecule has 1 aliphatic carbocycles. The minimum Gasteiger partial charge on any atom is -0.383 e. The molecule has 46 heavy (non-hydrogen) atoms. The van der Waals surface area contributed by atoms with Crippen molar-refractivity contribution in [1.29, 1.82) is 5.26 Å². The number of alkyl halides is 3. The Morgan fingerprint density at radius 1 is 1.15 bits per heavy atom. The SMILES string of the molecule is C#Cc1cnc2c(C#N)cc(N[C@H](C3=CN(C4(C)CC4)NN3)c3cccc4c(=O)n(C)ccc34)cc2c1NCC(C)(C)C(F)(F)F. The lowest BCUT2D eigenvalue weighted by molar-refractivity contribution is -0.206. The number of anilines is 2. The second-order valence-electron chi connectivity index (χ2n) is 12.8.